The molecule has 1 aromatic carbocycles. The van der Waals surface area contributed by atoms with Crippen molar-refractivity contribution in [2.75, 3.05) is 33.3 Å². The first-order chi connectivity index (χ1) is 12.8. The third-order valence-corrected chi connectivity index (χ3v) is 3.61. The number of amides is 1. The Balaban J connectivity index is 2.46. The van der Waals surface area contributed by atoms with Crippen LogP contribution in [0.25, 0.3) is 0 Å². The molecule has 1 rings (SSSR count). The molecule has 0 spiro atoms. The molecule has 1 unspecified atom stereocenters. The van der Waals surface area contributed by atoms with Crippen LogP contribution >= 0.6 is 0 Å². The summed E-state index contributed by atoms with van der Waals surface area (Å²) < 4.78 is 11.1. The second-order valence-electron chi connectivity index (χ2n) is 7.26. The molecule has 0 saturated carbocycles. The summed E-state index contributed by atoms with van der Waals surface area (Å²) in [6.45, 7) is 12.0. The molecule has 0 aromatic heterocycles. The minimum absolute atomic E-state index is 0.0338. The molecule has 3 N–H and O–H groups in total. The normalized spacial score (nSPS) is 12.9. The van der Waals surface area contributed by atoms with E-state index in [-0.39, 0.29) is 17.4 Å². The highest BCUT2D eigenvalue weighted by atomic mass is 16.5. The Bertz CT molecular complexity index is 611. The van der Waals surface area contributed by atoms with Crippen LogP contribution in [0.1, 0.15) is 34.6 Å². The molecule has 7 nitrogen and oxygen atoms in total. The van der Waals surface area contributed by atoms with Crippen molar-refractivity contribution < 1.29 is 14.3 Å². The number of nitrogens with one attached hydrogen (secondary N) is 3. The van der Waals surface area contributed by atoms with Crippen LogP contribution in [0.15, 0.2) is 29.3 Å². The number of rotatable bonds is 9. The standard InChI is InChI=1S/C20H34N4O3/c1-7-21-19(23-12-11-22-18(25)20(3,4)5)24-14-15(2)27-17-10-8-9-16(13-17)26-6/h8-10,13,15H,7,11-12,14H2,1-6H3,(H,22,25)(H2,21,23,24). The van der Waals surface area contributed by atoms with E-state index in [4.69, 9.17) is 9.47 Å². The van der Waals surface area contributed by atoms with Gasteiger partial charge < -0.3 is 25.4 Å². The summed E-state index contributed by atoms with van der Waals surface area (Å²) in [5, 5.41) is 9.31. The molecule has 0 aliphatic rings. The van der Waals surface area contributed by atoms with Crippen molar-refractivity contribution in [3.05, 3.63) is 24.3 Å². The Hall–Kier alpha value is -2.44. The molecule has 1 aromatic rings. The van der Waals surface area contributed by atoms with Gasteiger partial charge >= 0.3 is 0 Å². The molecule has 1 amide bonds. The van der Waals surface area contributed by atoms with Gasteiger partial charge in [0.15, 0.2) is 5.96 Å². The van der Waals surface area contributed by atoms with Gasteiger partial charge in [-0.15, -0.1) is 0 Å². The number of nitrogens with zero attached hydrogens (tertiary/aromatic N) is 1. The Kier molecular flexibility index (Phi) is 9.47. The highest BCUT2D eigenvalue weighted by Crippen LogP contribution is 2.19. The van der Waals surface area contributed by atoms with Crippen LogP contribution in [-0.4, -0.2) is 51.3 Å². The van der Waals surface area contributed by atoms with Gasteiger partial charge in [-0.1, -0.05) is 26.8 Å². The average Bonchev–Trinajstić information content (AvgIpc) is 2.62. The maximum Gasteiger partial charge on any atom is 0.225 e. The third-order valence-electron chi connectivity index (χ3n) is 3.61. The van der Waals surface area contributed by atoms with Crippen molar-refractivity contribution in [1.82, 2.24) is 16.0 Å². The van der Waals surface area contributed by atoms with E-state index in [1.807, 2.05) is 58.9 Å². The summed E-state index contributed by atoms with van der Waals surface area (Å²) in [4.78, 5) is 16.4. The van der Waals surface area contributed by atoms with Crippen LogP contribution in [0.3, 0.4) is 0 Å². The van der Waals surface area contributed by atoms with Gasteiger partial charge in [-0.2, -0.15) is 0 Å². The minimum atomic E-state index is -0.383. The lowest BCUT2D eigenvalue weighted by Crippen LogP contribution is -2.43. The van der Waals surface area contributed by atoms with Crippen molar-refractivity contribution >= 4 is 11.9 Å². The van der Waals surface area contributed by atoms with Crippen molar-refractivity contribution in [2.45, 2.75) is 40.7 Å². The fourth-order valence-corrected chi connectivity index (χ4v) is 2.13. The number of ether oxygens (including phenoxy) is 2. The van der Waals surface area contributed by atoms with E-state index in [2.05, 4.69) is 20.9 Å². The van der Waals surface area contributed by atoms with Crippen LogP contribution in [0.5, 0.6) is 11.5 Å². The number of hydrogen-bond acceptors (Lipinski definition) is 4. The lowest BCUT2D eigenvalue weighted by Gasteiger charge is -2.18. The van der Waals surface area contributed by atoms with Gasteiger partial charge in [0.1, 0.15) is 17.6 Å². The lowest BCUT2D eigenvalue weighted by molar-refractivity contribution is -0.128. The van der Waals surface area contributed by atoms with Crippen molar-refractivity contribution in [1.29, 1.82) is 0 Å². The minimum Gasteiger partial charge on any atom is -0.497 e. The first kappa shape index (κ1) is 22.6. The second kappa shape index (κ2) is 11.3. The van der Waals surface area contributed by atoms with Crippen molar-refractivity contribution in [3.63, 3.8) is 0 Å². The number of aliphatic imine (C=N–C) groups is 1. The highest BCUT2D eigenvalue weighted by molar-refractivity contribution is 5.81. The molecule has 0 aliphatic heterocycles. The highest BCUT2D eigenvalue weighted by Gasteiger charge is 2.20. The van der Waals surface area contributed by atoms with E-state index in [1.54, 1.807) is 7.11 Å². The molecule has 1 atom stereocenters. The summed E-state index contributed by atoms with van der Waals surface area (Å²) in [5.74, 6) is 2.24. The Labute approximate surface area is 162 Å². The monoisotopic (exact) mass is 378 g/mol. The number of carbonyl (C=O) groups excluding carboxylic acids is 1. The number of carbonyl (C=O) groups is 1. The Morgan fingerprint density at radius 3 is 2.44 bits per heavy atom. The van der Waals surface area contributed by atoms with Gasteiger partial charge in [-0.25, -0.2) is 4.99 Å². The van der Waals surface area contributed by atoms with Crippen LogP contribution in [0.4, 0.5) is 0 Å². The molecular formula is C20H34N4O3. The fraction of sp³-hybridized carbons (Fsp3) is 0.600. The number of guanidine groups is 1. The summed E-state index contributed by atoms with van der Waals surface area (Å²) >= 11 is 0. The van der Waals surface area contributed by atoms with E-state index in [1.165, 1.54) is 0 Å². The van der Waals surface area contributed by atoms with Crippen molar-refractivity contribution in [2.24, 2.45) is 10.4 Å². The van der Waals surface area contributed by atoms with E-state index in [9.17, 15) is 4.79 Å². The van der Waals surface area contributed by atoms with Crippen LogP contribution in [0.2, 0.25) is 0 Å². The Morgan fingerprint density at radius 2 is 1.81 bits per heavy atom. The third kappa shape index (κ3) is 9.17. The van der Waals surface area contributed by atoms with E-state index in [0.717, 1.165) is 18.0 Å². The van der Waals surface area contributed by atoms with Crippen LogP contribution in [0, 0.1) is 5.41 Å². The zero-order valence-corrected chi connectivity index (χ0v) is 17.4. The second-order valence-corrected chi connectivity index (χ2v) is 7.26. The zero-order valence-electron chi connectivity index (χ0n) is 17.4. The molecular weight excluding hydrogens is 344 g/mol. The summed E-state index contributed by atoms with van der Waals surface area (Å²) in [6, 6.07) is 7.51. The molecule has 0 bridgehead atoms. The molecule has 0 saturated heterocycles. The lowest BCUT2D eigenvalue weighted by atomic mass is 9.96. The number of methoxy groups -OCH3 is 1. The van der Waals surface area contributed by atoms with Gasteiger partial charge in [0.05, 0.1) is 13.7 Å². The summed E-state index contributed by atoms with van der Waals surface area (Å²) in [6.07, 6.45) is -0.0897. The van der Waals surface area contributed by atoms with Gasteiger partial charge in [-0.05, 0) is 26.0 Å². The predicted molar refractivity (Wildman–Crippen MR) is 110 cm³/mol. The molecule has 0 aliphatic carbocycles. The smallest absolute Gasteiger partial charge is 0.225 e. The van der Waals surface area contributed by atoms with E-state index in [0.29, 0.717) is 25.6 Å². The van der Waals surface area contributed by atoms with Gasteiger partial charge in [0, 0.05) is 31.1 Å². The molecule has 7 heteroatoms. The Morgan fingerprint density at radius 1 is 1.15 bits per heavy atom. The molecule has 152 valence electrons. The first-order valence-electron chi connectivity index (χ1n) is 9.37. The van der Waals surface area contributed by atoms with Gasteiger partial charge in [0.2, 0.25) is 5.91 Å². The number of hydrogen-bond donors (Lipinski definition) is 3. The van der Waals surface area contributed by atoms with E-state index >= 15 is 0 Å². The van der Waals surface area contributed by atoms with Gasteiger partial charge in [0.25, 0.3) is 0 Å². The maximum absolute atomic E-state index is 11.9. The summed E-state index contributed by atoms with van der Waals surface area (Å²) in [5.41, 5.74) is -0.383. The van der Waals surface area contributed by atoms with E-state index < -0.39 is 0 Å². The molecule has 27 heavy (non-hydrogen) atoms. The van der Waals surface area contributed by atoms with Gasteiger partial charge in [-0.3, -0.25) is 4.79 Å². The largest absolute Gasteiger partial charge is 0.497 e. The van der Waals surface area contributed by atoms with Crippen LogP contribution in [-0.2, 0) is 4.79 Å². The predicted octanol–water partition coefficient (Wildman–Crippen LogP) is 2.18. The quantitative estimate of drug-likeness (QED) is 0.348. The molecule has 0 radical (unpaired) electrons. The maximum atomic E-state index is 11.9. The molecule has 0 fully saturated rings. The van der Waals surface area contributed by atoms with Crippen LogP contribution < -0.4 is 25.4 Å². The fourth-order valence-electron chi connectivity index (χ4n) is 2.13. The topological polar surface area (TPSA) is 84.0 Å². The summed E-state index contributed by atoms with van der Waals surface area (Å²) in [7, 11) is 1.63. The zero-order chi connectivity index (χ0) is 20.3. The first-order valence-corrected chi connectivity index (χ1v) is 9.37. The average molecular weight is 379 g/mol. The molecule has 0 heterocycles. The SMILES string of the molecule is CCNC(=NCC(C)Oc1cccc(OC)c1)NCCNC(=O)C(C)(C)C. The number of benzene rings is 1. The van der Waals surface area contributed by atoms with Crippen molar-refractivity contribution in [3.8, 4) is 11.5 Å².